The molecule has 2 rings (SSSR count). The van der Waals surface area contributed by atoms with E-state index in [2.05, 4.69) is 18.8 Å². The van der Waals surface area contributed by atoms with Gasteiger partial charge in [-0.15, -0.1) is 0 Å². The van der Waals surface area contributed by atoms with Crippen LogP contribution in [0.1, 0.15) is 88.4 Å². The largest absolute Gasteiger partial charge is 0.360 e. The number of H-pyrrole nitrogens is 1. The minimum atomic E-state index is 0.283. The zero-order chi connectivity index (χ0) is 17.2. The maximum atomic E-state index is 12.5. The minimum Gasteiger partial charge on any atom is -0.360 e. The average Bonchev–Trinajstić information content (AvgIpc) is 3.04. The quantitative estimate of drug-likeness (QED) is 0.333. The lowest BCUT2D eigenvalue weighted by Crippen LogP contribution is -2.02. The van der Waals surface area contributed by atoms with Gasteiger partial charge in [0.25, 0.3) is 0 Å². The first-order chi connectivity index (χ1) is 11.8. The Kier molecular flexibility index (Phi) is 8.07. The van der Waals surface area contributed by atoms with Crippen molar-refractivity contribution < 1.29 is 4.79 Å². The van der Waals surface area contributed by atoms with Crippen LogP contribution in [0.5, 0.6) is 0 Å². The summed E-state index contributed by atoms with van der Waals surface area (Å²) in [5.74, 6) is 1.15. The molecule has 0 saturated heterocycles. The van der Waals surface area contributed by atoms with Gasteiger partial charge in [-0.2, -0.15) is 0 Å². The summed E-state index contributed by atoms with van der Waals surface area (Å²) in [6, 6.07) is 8.06. The summed E-state index contributed by atoms with van der Waals surface area (Å²) in [7, 11) is 0. The Morgan fingerprint density at radius 3 is 2.33 bits per heavy atom. The molecule has 132 valence electrons. The van der Waals surface area contributed by atoms with Crippen LogP contribution in [0.4, 0.5) is 0 Å². The summed E-state index contributed by atoms with van der Waals surface area (Å²) in [5.41, 5.74) is 1.92. The number of aromatic nitrogens is 1. The fourth-order valence-corrected chi connectivity index (χ4v) is 3.57. The molecule has 0 fully saturated rings. The molecule has 24 heavy (non-hydrogen) atoms. The molecule has 0 aliphatic heterocycles. The standard InChI is InChI=1S/C22H33NO/c1-3-5-11-18(12-6-4-2)13-7-10-16-22(24)20-17-23-21-15-9-8-14-19(20)21/h8-9,14-15,17-18,23H,3-7,10-13,16H2,1-2H3. The molecule has 1 heterocycles. The molecule has 0 saturated carbocycles. The van der Waals surface area contributed by atoms with Crippen molar-refractivity contribution in [1.29, 1.82) is 0 Å². The second-order valence-electron chi connectivity index (χ2n) is 7.07. The van der Waals surface area contributed by atoms with Gasteiger partial charge in [0.2, 0.25) is 0 Å². The highest BCUT2D eigenvalue weighted by molar-refractivity contribution is 6.07. The van der Waals surface area contributed by atoms with Gasteiger partial charge in [0.1, 0.15) is 0 Å². The fourth-order valence-electron chi connectivity index (χ4n) is 3.57. The molecule has 0 spiro atoms. The molecule has 0 amide bonds. The van der Waals surface area contributed by atoms with Crippen LogP contribution in [0.15, 0.2) is 30.5 Å². The second kappa shape index (κ2) is 10.3. The number of benzene rings is 1. The lowest BCUT2D eigenvalue weighted by Gasteiger charge is -2.16. The van der Waals surface area contributed by atoms with E-state index in [-0.39, 0.29) is 5.78 Å². The van der Waals surface area contributed by atoms with E-state index < -0.39 is 0 Å². The Balaban J connectivity index is 1.77. The molecule has 1 N–H and O–H groups in total. The van der Waals surface area contributed by atoms with E-state index in [9.17, 15) is 4.79 Å². The molecule has 2 heteroatoms. The first-order valence-electron chi connectivity index (χ1n) is 9.85. The van der Waals surface area contributed by atoms with Crippen LogP contribution < -0.4 is 0 Å². The SMILES string of the molecule is CCCCC(CCCC)CCCCC(=O)c1c[nH]c2ccccc12. The van der Waals surface area contributed by atoms with E-state index in [4.69, 9.17) is 0 Å². The van der Waals surface area contributed by atoms with Gasteiger partial charge in [-0.05, 0) is 18.4 Å². The number of rotatable bonds is 12. The van der Waals surface area contributed by atoms with Gasteiger partial charge < -0.3 is 4.98 Å². The lowest BCUT2D eigenvalue weighted by molar-refractivity contribution is 0.0980. The molecule has 0 unspecified atom stereocenters. The molecule has 0 aliphatic rings. The maximum Gasteiger partial charge on any atom is 0.165 e. The Labute approximate surface area is 147 Å². The number of hydrogen-bond donors (Lipinski definition) is 1. The molecule has 1 aromatic carbocycles. The molecule has 2 nitrogen and oxygen atoms in total. The van der Waals surface area contributed by atoms with E-state index in [1.165, 1.54) is 51.4 Å². The average molecular weight is 328 g/mol. The van der Waals surface area contributed by atoms with Crippen LogP contribution in [0.25, 0.3) is 10.9 Å². The number of ketones is 1. The number of carbonyl (C=O) groups is 1. The van der Waals surface area contributed by atoms with Gasteiger partial charge in [-0.3, -0.25) is 4.79 Å². The van der Waals surface area contributed by atoms with Crippen LogP contribution in [-0.2, 0) is 0 Å². The van der Waals surface area contributed by atoms with E-state index in [1.807, 2.05) is 30.5 Å². The van der Waals surface area contributed by atoms with Crippen LogP contribution in [0.3, 0.4) is 0 Å². The van der Waals surface area contributed by atoms with Gasteiger partial charge in [-0.25, -0.2) is 0 Å². The highest BCUT2D eigenvalue weighted by Gasteiger charge is 2.12. The summed E-state index contributed by atoms with van der Waals surface area (Å²) in [6.07, 6.45) is 14.1. The number of unbranched alkanes of at least 4 members (excludes halogenated alkanes) is 3. The Hall–Kier alpha value is -1.57. The van der Waals surface area contributed by atoms with E-state index in [0.717, 1.165) is 28.8 Å². The summed E-state index contributed by atoms with van der Waals surface area (Å²) < 4.78 is 0. The van der Waals surface area contributed by atoms with Gasteiger partial charge in [0, 0.05) is 29.1 Å². The smallest absolute Gasteiger partial charge is 0.165 e. The first kappa shape index (κ1) is 18.8. The van der Waals surface area contributed by atoms with Gasteiger partial charge in [0.15, 0.2) is 5.78 Å². The summed E-state index contributed by atoms with van der Waals surface area (Å²) in [4.78, 5) is 15.7. The van der Waals surface area contributed by atoms with Crippen molar-refractivity contribution in [2.75, 3.05) is 0 Å². The Morgan fingerprint density at radius 1 is 0.958 bits per heavy atom. The highest BCUT2D eigenvalue weighted by Crippen LogP contribution is 2.24. The number of Topliss-reactive ketones (excluding diaryl/α,β-unsaturated/α-hetero) is 1. The Morgan fingerprint density at radius 2 is 1.62 bits per heavy atom. The number of aromatic amines is 1. The van der Waals surface area contributed by atoms with E-state index in [1.54, 1.807) is 0 Å². The normalized spacial score (nSPS) is 11.5. The zero-order valence-electron chi connectivity index (χ0n) is 15.4. The lowest BCUT2D eigenvalue weighted by atomic mass is 9.90. The number of fused-ring (bicyclic) bond motifs is 1. The van der Waals surface area contributed by atoms with Crippen LogP contribution in [0, 0.1) is 5.92 Å². The van der Waals surface area contributed by atoms with Gasteiger partial charge >= 0.3 is 0 Å². The molecule has 0 radical (unpaired) electrons. The second-order valence-corrected chi connectivity index (χ2v) is 7.07. The van der Waals surface area contributed by atoms with Gasteiger partial charge in [-0.1, -0.05) is 83.4 Å². The summed E-state index contributed by atoms with van der Waals surface area (Å²) in [6.45, 7) is 4.55. The maximum absolute atomic E-state index is 12.5. The third-order valence-electron chi connectivity index (χ3n) is 5.09. The minimum absolute atomic E-state index is 0.283. The van der Waals surface area contributed by atoms with E-state index >= 15 is 0 Å². The summed E-state index contributed by atoms with van der Waals surface area (Å²) in [5, 5.41) is 1.06. The number of hydrogen-bond acceptors (Lipinski definition) is 1. The third-order valence-corrected chi connectivity index (χ3v) is 5.09. The number of nitrogens with one attached hydrogen (secondary N) is 1. The monoisotopic (exact) mass is 327 g/mol. The molecule has 2 aromatic rings. The molecule has 0 bridgehead atoms. The molecule has 0 atom stereocenters. The third kappa shape index (κ3) is 5.51. The Bertz CT molecular complexity index is 605. The van der Waals surface area contributed by atoms with Crippen molar-refractivity contribution in [3.63, 3.8) is 0 Å². The van der Waals surface area contributed by atoms with Crippen LogP contribution in [0.2, 0.25) is 0 Å². The number of para-hydroxylation sites is 1. The van der Waals surface area contributed by atoms with Crippen molar-refractivity contribution in [2.24, 2.45) is 5.92 Å². The van der Waals surface area contributed by atoms with Crippen LogP contribution in [-0.4, -0.2) is 10.8 Å². The van der Waals surface area contributed by atoms with Crippen LogP contribution >= 0.6 is 0 Å². The number of carbonyl (C=O) groups excluding carboxylic acids is 1. The first-order valence-corrected chi connectivity index (χ1v) is 9.85. The van der Waals surface area contributed by atoms with Gasteiger partial charge in [0.05, 0.1) is 0 Å². The molecule has 0 aliphatic carbocycles. The van der Waals surface area contributed by atoms with Crippen molar-refractivity contribution in [2.45, 2.75) is 78.1 Å². The topological polar surface area (TPSA) is 32.9 Å². The molecular formula is C22H33NO. The molecule has 1 aromatic heterocycles. The summed E-state index contributed by atoms with van der Waals surface area (Å²) >= 11 is 0. The van der Waals surface area contributed by atoms with Crippen molar-refractivity contribution in [3.05, 3.63) is 36.0 Å². The fraction of sp³-hybridized carbons (Fsp3) is 0.591. The van der Waals surface area contributed by atoms with Crippen molar-refractivity contribution in [1.82, 2.24) is 4.98 Å². The van der Waals surface area contributed by atoms with E-state index in [0.29, 0.717) is 6.42 Å². The van der Waals surface area contributed by atoms with Crippen molar-refractivity contribution in [3.8, 4) is 0 Å². The highest BCUT2D eigenvalue weighted by atomic mass is 16.1. The zero-order valence-corrected chi connectivity index (χ0v) is 15.4. The predicted octanol–water partition coefficient (Wildman–Crippen LogP) is 6.91. The van der Waals surface area contributed by atoms with Crippen molar-refractivity contribution >= 4 is 16.7 Å². The molecular weight excluding hydrogens is 294 g/mol. The predicted molar refractivity (Wildman–Crippen MR) is 104 cm³/mol.